The van der Waals surface area contributed by atoms with E-state index in [1.54, 1.807) is 30.3 Å². The number of carbonyl (C=O) groups is 1. The van der Waals surface area contributed by atoms with Crippen LogP contribution in [-0.4, -0.2) is 11.1 Å². The molecule has 5 heteroatoms. The van der Waals surface area contributed by atoms with Crippen molar-refractivity contribution in [2.75, 3.05) is 0 Å². The Bertz CT molecular complexity index is 692. The molecule has 0 aliphatic carbocycles. The lowest BCUT2D eigenvalue weighted by atomic mass is 10.1. The molecule has 0 bridgehead atoms. The van der Waals surface area contributed by atoms with Crippen LogP contribution in [0.3, 0.4) is 0 Å². The van der Waals surface area contributed by atoms with Crippen LogP contribution < -0.4 is 4.74 Å². The molecule has 0 amide bonds. The molecule has 0 unspecified atom stereocenters. The van der Waals surface area contributed by atoms with Crippen LogP contribution >= 0.6 is 11.6 Å². The van der Waals surface area contributed by atoms with Crippen molar-refractivity contribution in [3.8, 4) is 11.8 Å². The van der Waals surface area contributed by atoms with Crippen LogP contribution in [0.1, 0.15) is 21.5 Å². The number of hydrogen-bond acceptors (Lipinski definition) is 3. The highest BCUT2D eigenvalue weighted by Crippen LogP contribution is 2.27. The predicted molar refractivity (Wildman–Crippen MR) is 73.9 cm³/mol. The summed E-state index contributed by atoms with van der Waals surface area (Å²) in [6.45, 7) is 0.102. The average molecular weight is 288 g/mol. The van der Waals surface area contributed by atoms with Crippen molar-refractivity contribution in [2.45, 2.75) is 6.61 Å². The van der Waals surface area contributed by atoms with Crippen LogP contribution in [0, 0.1) is 11.3 Å². The zero-order valence-electron chi connectivity index (χ0n) is 10.3. The Labute approximate surface area is 120 Å². The van der Waals surface area contributed by atoms with E-state index in [0.717, 1.165) is 0 Å². The van der Waals surface area contributed by atoms with Gasteiger partial charge in [0.05, 0.1) is 16.7 Å². The Morgan fingerprint density at radius 3 is 2.70 bits per heavy atom. The highest BCUT2D eigenvalue weighted by molar-refractivity contribution is 6.33. The first-order valence-corrected chi connectivity index (χ1v) is 6.14. The molecular weight excluding hydrogens is 278 g/mol. The molecule has 2 rings (SSSR count). The Morgan fingerprint density at radius 1 is 1.25 bits per heavy atom. The third-order valence-electron chi connectivity index (χ3n) is 2.71. The van der Waals surface area contributed by atoms with Crippen LogP contribution in [0.25, 0.3) is 0 Å². The van der Waals surface area contributed by atoms with Crippen LogP contribution in [0.4, 0.5) is 0 Å². The fourth-order valence-corrected chi connectivity index (χ4v) is 1.99. The van der Waals surface area contributed by atoms with Gasteiger partial charge in [-0.05, 0) is 18.2 Å². The molecule has 100 valence electrons. The highest BCUT2D eigenvalue weighted by Gasteiger charge is 2.15. The minimum absolute atomic E-state index is 0.0800. The summed E-state index contributed by atoms with van der Waals surface area (Å²) in [7, 11) is 0. The van der Waals surface area contributed by atoms with Gasteiger partial charge in [0.1, 0.15) is 17.9 Å². The molecule has 0 saturated heterocycles. The van der Waals surface area contributed by atoms with Gasteiger partial charge in [0.25, 0.3) is 0 Å². The highest BCUT2D eigenvalue weighted by atomic mass is 35.5. The molecule has 0 saturated carbocycles. The summed E-state index contributed by atoms with van der Waals surface area (Å²) < 4.78 is 5.49. The van der Waals surface area contributed by atoms with E-state index in [0.29, 0.717) is 11.1 Å². The number of ether oxygens (including phenoxy) is 1. The van der Waals surface area contributed by atoms with Crippen LogP contribution in [0.15, 0.2) is 42.5 Å². The number of halogens is 1. The van der Waals surface area contributed by atoms with Gasteiger partial charge >= 0.3 is 5.97 Å². The second-order valence-corrected chi connectivity index (χ2v) is 4.38. The van der Waals surface area contributed by atoms with Crippen LogP contribution in [0.5, 0.6) is 5.75 Å². The smallest absolute Gasteiger partial charge is 0.341 e. The van der Waals surface area contributed by atoms with E-state index in [4.69, 9.17) is 26.7 Å². The SMILES string of the molecule is N#Cc1ccccc1COc1cccc(Cl)c1C(=O)O. The number of nitrogens with zero attached hydrogens (tertiary/aromatic N) is 1. The van der Waals surface area contributed by atoms with Gasteiger partial charge in [-0.15, -0.1) is 0 Å². The maximum Gasteiger partial charge on any atom is 0.341 e. The third-order valence-corrected chi connectivity index (χ3v) is 3.03. The van der Waals surface area contributed by atoms with E-state index in [9.17, 15) is 4.79 Å². The summed E-state index contributed by atoms with van der Waals surface area (Å²) in [5.74, 6) is -0.975. The molecule has 0 radical (unpaired) electrons. The number of aromatic carboxylic acids is 1. The van der Waals surface area contributed by atoms with Gasteiger partial charge in [-0.2, -0.15) is 5.26 Å². The summed E-state index contributed by atoms with van der Waals surface area (Å²) in [6.07, 6.45) is 0. The third kappa shape index (κ3) is 2.90. The fraction of sp³-hybridized carbons (Fsp3) is 0.0667. The van der Waals surface area contributed by atoms with E-state index in [1.807, 2.05) is 0 Å². The number of hydrogen-bond donors (Lipinski definition) is 1. The van der Waals surface area contributed by atoms with Crippen molar-refractivity contribution in [3.05, 3.63) is 64.2 Å². The van der Waals surface area contributed by atoms with Gasteiger partial charge in [0.2, 0.25) is 0 Å². The Balaban J connectivity index is 2.26. The van der Waals surface area contributed by atoms with E-state index >= 15 is 0 Å². The van der Waals surface area contributed by atoms with Gasteiger partial charge in [0, 0.05) is 5.56 Å². The van der Waals surface area contributed by atoms with E-state index in [-0.39, 0.29) is 22.9 Å². The van der Waals surface area contributed by atoms with Gasteiger partial charge in [-0.1, -0.05) is 35.9 Å². The van der Waals surface area contributed by atoms with Crippen molar-refractivity contribution in [2.24, 2.45) is 0 Å². The lowest BCUT2D eigenvalue weighted by Gasteiger charge is -2.11. The van der Waals surface area contributed by atoms with Gasteiger partial charge < -0.3 is 9.84 Å². The van der Waals surface area contributed by atoms with Crippen molar-refractivity contribution in [3.63, 3.8) is 0 Å². The predicted octanol–water partition coefficient (Wildman–Crippen LogP) is 3.49. The van der Waals surface area contributed by atoms with Gasteiger partial charge in [-0.25, -0.2) is 4.79 Å². The molecule has 0 aliphatic rings. The monoisotopic (exact) mass is 287 g/mol. The minimum Gasteiger partial charge on any atom is -0.488 e. The first-order chi connectivity index (χ1) is 9.63. The normalized spacial score (nSPS) is 9.80. The van der Waals surface area contributed by atoms with Gasteiger partial charge in [0.15, 0.2) is 0 Å². The molecule has 0 atom stereocenters. The molecular formula is C15H10ClNO3. The largest absolute Gasteiger partial charge is 0.488 e. The van der Waals surface area contributed by atoms with E-state index in [2.05, 4.69) is 6.07 Å². The first-order valence-electron chi connectivity index (χ1n) is 5.76. The molecule has 0 fully saturated rings. The molecule has 0 heterocycles. The molecule has 1 N–H and O–H groups in total. The van der Waals surface area contributed by atoms with E-state index in [1.165, 1.54) is 12.1 Å². The van der Waals surface area contributed by atoms with E-state index < -0.39 is 5.97 Å². The lowest BCUT2D eigenvalue weighted by molar-refractivity contribution is 0.0692. The second kappa shape index (κ2) is 6.09. The zero-order chi connectivity index (χ0) is 14.5. The maximum absolute atomic E-state index is 11.2. The van der Waals surface area contributed by atoms with Crippen molar-refractivity contribution >= 4 is 17.6 Å². The minimum atomic E-state index is -1.15. The Morgan fingerprint density at radius 2 is 2.00 bits per heavy atom. The van der Waals surface area contributed by atoms with Crippen molar-refractivity contribution in [1.29, 1.82) is 5.26 Å². The molecule has 0 spiro atoms. The number of rotatable bonds is 4. The average Bonchev–Trinajstić information content (AvgIpc) is 2.45. The standard InChI is InChI=1S/C15H10ClNO3/c16-12-6-3-7-13(14(12)15(18)19)20-9-11-5-2-1-4-10(11)8-17/h1-7H,9H2,(H,18,19). The number of carboxylic acids is 1. The maximum atomic E-state index is 11.2. The Kier molecular flexibility index (Phi) is 4.24. The topological polar surface area (TPSA) is 70.3 Å². The summed E-state index contributed by atoms with van der Waals surface area (Å²) >= 11 is 5.85. The fourth-order valence-electron chi connectivity index (χ4n) is 1.74. The van der Waals surface area contributed by atoms with Crippen LogP contribution in [-0.2, 0) is 6.61 Å². The molecule has 20 heavy (non-hydrogen) atoms. The molecule has 2 aromatic rings. The second-order valence-electron chi connectivity index (χ2n) is 3.98. The number of benzene rings is 2. The zero-order valence-corrected chi connectivity index (χ0v) is 11.1. The molecule has 2 aromatic carbocycles. The Hall–Kier alpha value is -2.51. The lowest BCUT2D eigenvalue weighted by Crippen LogP contribution is -2.05. The quantitative estimate of drug-likeness (QED) is 0.934. The molecule has 0 aliphatic heterocycles. The molecule has 4 nitrogen and oxygen atoms in total. The number of carboxylic acid groups (broad SMARTS) is 1. The number of nitriles is 1. The van der Waals surface area contributed by atoms with Gasteiger partial charge in [-0.3, -0.25) is 0 Å². The summed E-state index contributed by atoms with van der Waals surface area (Å²) in [5.41, 5.74) is 1.10. The summed E-state index contributed by atoms with van der Waals surface area (Å²) in [6, 6.07) is 13.7. The molecule has 0 aromatic heterocycles. The summed E-state index contributed by atoms with van der Waals surface area (Å²) in [4.78, 5) is 11.2. The van der Waals surface area contributed by atoms with Crippen molar-refractivity contribution < 1.29 is 14.6 Å². The summed E-state index contributed by atoms with van der Waals surface area (Å²) in [5, 5.41) is 18.2. The van der Waals surface area contributed by atoms with Crippen LogP contribution in [0.2, 0.25) is 5.02 Å². The van der Waals surface area contributed by atoms with Crippen molar-refractivity contribution in [1.82, 2.24) is 0 Å². The first kappa shape index (κ1) is 13.9.